The second-order valence-electron chi connectivity index (χ2n) is 20.5. The number of carbonyl (C=O) groups excluding carboxylic acids is 8. The van der Waals surface area contributed by atoms with Crippen molar-refractivity contribution in [3.8, 4) is 11.5 Å². The molecule has 0 spiro atoms. The van der Waals surface area contributed by atoms with Gasteiger partial charge >= 0.3 is 10.4 Å². The Morgan fingerprint density at radius 2 is 0.914 bits per heavy atom. The first kappa shape index (κ1) is 62.3. The summed E-state index contributed by atoms with van der Waals surface area (Å²) in [6, 6.07) is 0.884. The lowest BCUT2D eigenvalue weighted by atomic mass is 9.57. The quantitative estimate of drug-likeness (QED) is 0.0516. The van der Waals surface area contributed by atoms with E-state index in [1.54, 1.807) is 40.3 Å². The minimum atomic E-state index is -4.67. The van der Waals surface area contributed by atoms with Crippen molar-refractivity contribution in [1.82, 2.24) is 9.80 Å². The molecule has 29 heteroatoms. The Bertz CT molecular complexity index is 3080. The molecule has 2 aromatic carbocycles. The van der Waals surface area contributed by atoms with Crippen molar-refractivity contribution in [2.75, 3.05) is 74.8 Å². The third kappa shape index (κ3) is 10.2. The third-order valence-electron chi connectivity index (χ3n) is 16.0. The number of carbonyl (C=O) groups is 8. The highest BCUT2D eigenvalue weighted by molar-refractivity contribution is 7.79. The number of hydrogen-bond acceptors (Lipinski definition) is 22. The highest BCUT2D eigenvalue weighted by atomic mass is 32.3. The highest BCUT2D eigenvalue weighted by Gasteiger charge is 2.66. The number of nitrogens with two attached hydrogens (primary N) is 2. The first-order valence-electron chi connectivity index (χ1n) is 25.4. The van der Waals surface area contributed by atoms with Gasteiger partial charge in [0.25, 0.3) is 11.8 Å². The van der Waals surface area contributed by atoms with Crippen LogP contribution in [-0.4, -0.2) is 194 Å². The Kier molecular flexibility index (Phi) is 17.6. The van der Waals surface area contributed by atoms with E-state index >= 15 is 0 Å². The van der Waals surface area contributed by atoms with Gasteiger partial charge in [0.2, 0.25) is 24.4 Å². The molecule has 440 valence electrons. The van der Waals surface area contributed by atoms with Crippen LogP contribution >= 0.6 is 0 Å². The summed E-state index contributed by atoms with van der Waals surface area (Å²) < 4.78 is 31.6. The lowest BCUT2D eigenvalue weighted by Gasteiger charge is -2.50. The fourth-order valence-electron chi connectivity index (χ4n) is 12.6. The van der Waals surface area contributed by atoms with Gasteiger partial charge in [0.15, 0.2) is 22.8 Å². The average molecular weight is 1160 g/mol. The van der Waals surface area contributed by atoms with E-state index in [1.165, 1.54) is 9.80 Å². The third-order valence-corrected chi connectivity index (χ3v) is 16.0. The number of likely N-dealkylation sites (N-methyl/N-ethyl adjacent to an activating group) is 2. The standard InChI is InChI=1S/2C26H32N4O8.H2O4S/c2*1-5-30(6-2)15-9-14(28-10-31)20(32)17-12(15)7-11-8-13-19(29(3)4)22(34)18(25(27)37)24(36)26(13,38)23(35)16(11)21(17)33;1-5(2,3)4/h2*9-11,13,19,32-33,36,38H,5-8H2,1-4H3,(H2,27,37)(H,28,31);(H2,1,2,3,4)/t2*11?,13?,19-,26?;/m00./s1. The molecule has 0 aromatic heterocycles. The van der Waals surface area contributed by atoms with Crippen LogP contribution in [0.5, 0.6) is 11.5 Å². The molecule has 28 nitrogen and oxygen atoms in total. The number of benzene rings is 2. The Morgan fingerprint density at radius 1 is 0.617 bits per heavy atom. The lowest BCUT2D eigenvalue weighted by Crippen LogP contribution is -2.65. The number of rotatable bonds is 14. The number of Topliss-reactive ketones (excluding diaryl/α,β-unsaturated/α-hetero) is 4. The van der Waals surface area contributed by atoms with Gasteiger partial charge < -0.3 is 72.8 Å². The molecule has 4 amide bonds. The minimum absolute atomic E-state index is 0.00144. The van der Waals surface area contributed by atoms with E-state index < -0.39 is 138 Å². The van der Waals surface area contributed by atoms with Gasteiger partial charge in [0.05, 0.1) is 34.6 Å². The van der Waals surface area contributed by atoms with Crippen molar-refractivity contribution in [1.29, 1.82) is 0 Å². The molecule has 2 saturated carbocycles. The van der Waals surface area contributed by atoms with Gasteiger partial charge in [-0.1, -0.05) is 0 Å². The van der Waals surface area contributed by atoms with E-state index in [9.17, 15) is 79.2 Å². The number of ketones is 4. The smallest absolute Gasteiger partial charge is 0.394 e. The predicted molar refractivity (Wildman–Crippen MR) is 289 cm³/mol. The maximum absolute atomic E-state index is 13.9. The predicted octanol–water partition coefficient (Wildman–Crippen LogP) is 0.104. The zero-order chi connectivity index (χ0) is 61.0. The van der Waals surface area contributed by atoms with E-state index in [0.717, 1.165) is 0 Å². The largest absolute Gasteiger partial charge is 0.508 e. The normalized spacial score (nSPS) is 25.7. The number of aliphatic hydroxyl groups is 6. The summed E-state index contributed by atoms with van der Waals surface area (Å²) in [5.74, 6) is -14.5. The van der Waals surface area contributed by atoms with Crippen LogP contribution in [0.25, 0.3) is 11.5 Å². The number of nitrogens with one attached hydrogen (secondary N) is 2. The maximum atomic E-state index is 13.9. The van der Waals surface area contributed by atoms with Crippen molar-refractivity contribution in [3.05, 3.63) is 68.2 Å². The molecule has 0 aliphatic heterocycles. The maximum Gasteiger partial charge on any atom is 0.394 e. The zero-order valence-corrected chi connectivity index (χ0v) is 46.2. The molecule has 81 heavy (non-hydrogen) atoms. The van der Waals surface area contributed by atoms with Crippen molar-refractivity contribution in [2.24, 2.45) is 35.1 Å². The summed E-state index contributed by atoms with van der Waals surface area (Å²) in [4.78, 5) is 108. The number of aromatic hydroxyl groups is 2. The van der Waals surface area contributed by atoms with Gasteiger partial charge in [-0.25, -0.2) is 0 Å². The molecule has 16 N–H and O–H groups in total. The topological polar surface area (TPSA) is 462 Å². The number of amides is 4. The minimum Gasteiger partial charge on any atom is -0.508 e. The Balaban J connectivity index is 0.000000241. The fraction of sp³-hybridized carbons (Fsp3) is 0.462. The molecule has 2 aromatic rings. The van der Waals surface area contributed by atoms with Gasteiger partial charge in [0, 0.05) is 60.5 Å². The summed E-state index contributed by atoms with van der Waals surface area (Å²) in [7, 11) is 1.52. The second-order valence-corrected chi connectivity index (χ2v) is 21.4. The SMILES string of the molecule is CCN(CC)c1cc(NC=O)c(O)c2c1CC1CC3[C@H](N(C)C)C(=O)C(C(N)=O)=C(O)C3(O)C(=O)C1=C2O.CCN(CC)c1cc(NC=O)c(O)c2c1CC1CC3[C@H](N(C)C)C(=O)C(C(N)=O)=C(O)C3(O)C(=O)C1=C2O.O=S(=O)(O)O. The van der Waals surface area contributed by atoms with Crippen LogP contribution in [0.4, 0.5) is 22.7 Å². The zero-order valence-electron chi connectivity index (χ0n) is 45.3. The number of fused-ring (bicyclic) bond motifs is 6. The molecule has 2 fully saturated rings. The number of hydrogen-bond donors (Lipinski definition) is 14. The first-order chi connectivity index (χ1) is 37.7. The number of anilines is 4. The molecular weight excluding hydrogens is 1090 g/mol. The molecule has 0 bridgehead atoms. The van der Waals surface area contributed by atoms with Gasteiger partial charge in [0.1, 0.15) is 45.7 Å². The van der Waals surface area contributed by atoms with Crippen molar-refractivity contribution < 1.29 is 96.7 Å². The second kappa shape index (κ2) is 22.9. The van der Waals surface area contributed by atoms with Gasteiger partial charge in [-0.05, 0) is 117 Å². The molecule has 8 atom stereocenters. The number of phenols is 2. The Labute approximate surface area is 463 Å². The fourth-order valence-corrected chi connectivity index (χ4v) is 12.6. The Hall–Kier alpha value is -7.93. The van der Waals surface area contributed by atoms with Crippen LogP contribution in [0.15, 0.2) is 45.9 Å². The van der Waals surface area contributed by atoms with E-state index in [1.807, 2.05) is 37.5 Å². The van der Waals surface area contributed by atoms with Crippen molar-refractivity contribution >= 4 is 92.4 Å². The van der Waals surface area contributed by atoms with Crippen LogP contribution in [-0.2, 0) is 61.6 Å². The van der Waals surface area contributed by atoms with Crippen molar-refractivity contribution in [3.63, 3.8) is 0 Å². The number of phenolic OH excluding ortho intramolecular Hbond substituents is 2. The molecule has 0 radical (unpaired) electrons. The first-order valence-corrected chi connectivity index (χ1v) is 26.8. The van der Waals surface area contributed by atoms with Crippen LogP contribution in [0.2, 0.25) is 0 Å². The Morgan fingerprint density at radius 3 is 1.16 bits per heavy atom. The molecule has 6 aliphatic carbocycles. The number of nitrogens with zero attached hydrogens (tertiary/aromatic N) is 4. The average Bonchev–Trinajstić information content (AvgIpc) is 3.36. The van der Waals surface area contributed by atoms with E-state index in [4.69, 9.17) is 29.0 Å². The summed E-state index contributed by atoms with van der Waals surface area (Å²) in [5, 5.41) is 94.9. The summed E-state index contributed by atoms with van der Waals surface area (Å²) in [5.41, 5.74) is 5.26. The van der Waals surface area contributed by atoms with E-state index in [0.29, 0.717) is 61.5 Å². The number of primary amides is 2. The highest BCUT2D eigenvalue weighted by Crippen LogP contribution is 2.57. The molecule has 6 aliphatic rings. The number of aliphatic hydroxyl groups excluding tert-OH is 4. The van der Waals surface area contributed by atoms with Crippen LogP contribution in [0.1, 0.15) is 62.8 Å². The van der Waals surface area contributed by atoms with Crippen LogP contribution < -0.4 is 31.9 Å². The van der Waals surface area contributed by atoms with Crippen molar-refractivity contribution in [2.45, 2.75) is 76.7 Å². The van der Waals surface area contributed by atoms with E-state index in [-0.39, 0.29) is 59.3 Å². The molecule has 6 unspecified atom stereocenters. The summed E-state index contributed by atoms with van der Waals surface area (Å²) in [6.07, 6.45) is 1.07. The summed E-state index contributed by atoms with van der Waals surface area (Å²) in [6.45, 7) is 9.98. The van der Waals surface area contributed by atoms with E-state index in [2.05, 4.69) is 10.6 Å². The van der Waals surface area contributed by atoms with Gasteiger partial charge in [-0.15, -0.1) is 0 Å². The monoisotopic (exact) mass is 1150 g/mol. The molecule has 0 saturated heterocycles. The lowest BCUT2D eigenvalue weighted by molar-refractivity contribution is -0.155. The molecule has 0 heterocycles. The van der Waals surface area contributed by atoms with Gasteiger partial charge in [-0.2, -0.15) is 8.42 Å². The van der Waals surface area contributed by atoms with Crippen LogP contribution in [0, 0.1) is 23.7 Å². The summed E-state index contributed by atoms with van der Waals surface area (Å²) >= 11 is 0. The van der Waals surface area contributed by atoms with Gasteiger partial charge in [-0.3, -0.25) is 57.3 Å². The molecule has 8 rings (SSSR count). The van der Waals surface area contributed by atoms with Crippen LogP contribution in [0.3, 0.4) is 0 Å². The molecular formula is C52H66N8O20S.